The van der Waals surface area contributed by atoms with E-state index in [1.165, 1.54) is 23.1 Å². The molecular weight excluding hydrogens is 408 g/mol. The van der Waals surface area contributed by atoms with E-state index in [2.05, 4.69) is 15.5 Å². The van der Waals surface area contributed by atoms with Crippen molar-refractivity contribution in [3.63, 3.8) is 0 Å². The van der Waals surface area contributed by atoms with Gasteiger partial charge in [-0.05, 0) is 31.9 Å². The lowest BCUT2D eigenvalue weighted by atomic mass is 10.2. The van der Waals surface area contributed by atoms with Crippen LogP contribution >= 0.6 is 23.1 Å². The number of fused-ring (bicyclic) bond motifs is 1. The Balaban J connectivity index is 1.32. The Bertz CT molecular complexity index is 995. The van der Waals surface area contributed by atoms with Gasteiger partial charge in [0.05, 0.1) is 11.8 Å². The number of anilines is 1. The minimum absolute atomic E-state index is 0.0672. The maximum atomic E-state index is 12.3. The van der Waals surface area contributed by atoms with E-state index >= 15 is 0 Å². The molecule has 1 saturated carbocycles. The van der Waals surface area contributed by atoms with Crippen molar-refractivity contribution in [3.8, 4) is 0 Å². The number of hydrogen-bond donors (Lipinski definition) is 1. The van der Waals surface area contributed by atoms with Crippen molar-refractivity contribution in [1.82, 2.24) is 15.5 Å². The molecule has 7 nitrogen and oxygen atoms in total. The van der Waals surface area contributed by atoms with Crippen LogP contribution in [0, 0.1) is 0 Å². The van der Waals surface area contributed by atoms with Gasteiger partial charge in [-0.15, -0.1) is 10.2 Å². The lowest BCUT2D eigenvalue weighted by Gasteiger charge is -2.17. The Morgan fingerprint density at radius 3 is 2.86 bits per heavy atom. The highest BCUT2D eigenvalue weighted by Crippen LogP contribution is 2.36. The molecule has 1 aliphatic carbocycles. The number of furan rings is 1. The summed E-state index contributed by atoms with van der Waals surface area (Å²) in [5.41, 5.74) is 0.807. The Hall–Kier alpha value is -2.39. The molecule has 0 spiro atoms. The molecule has 152 valence electrons. The predicted octanol–water partition coefficient (Wildman–Crippen LogP) is 4.16. The van der Waals surface area contributed by atoms with E-state index in [9.17, 15) is 9.59 Å². The zero-order valence-corrected chi connectivity index (χ0v) is 17.9. The normalized spacial score (nSPS) is 14.7. The number of nitrogens with one attached hydrogen (secondary N) is 1. The molecule has 2 amide bonds. The van der Waals surface area contributed by atoms with Gasteiger partial charge in [-0.25, -0.2) is 0 Å². The van der Waals surface area contributed by atoms with E-state index in [4.69, 9.17) is 4.42 Å². The van der Waals surface area contributed by atoms with E-state index in [0.717, 1.165) is 29.6 Å². The molecule has 0 radical (unpaired) electrons. The SMILES string of the molecule is CCC(=O)N(c1nnc(SCC(=O)NC(C)c2cc3ccccc3o2)s1)C1CC1. The molecule has 1 atom stereocenters. The van der Waals surface area contributed by atoms with Crippen molar-refractivity contribution in [2.45, 2.75) is 49.5 Å². The molecule has 0 bridgehead atoms. The average Bonchev–Trinajstić information content (AvgIpc) is 3.27. The molecule has 4 rings (SSSR count). The Labute approximate surface area is 176 Å². The number of thioether (sulfide) groups is 1. The van der Waals surface area contributed by atoms with Crippen LogP contribution in [0.25, 0.3) is 11.0 Å². The first-order valence-corrected chi connectivity index (χ1v) is 11.4. The van der Waals surface area contributed by atoms with Crippen LogP contribution in [-0.2, 0) is 9.59 Å². The molecule has 29 heavy (non-hydrogen) atoms. The maximum absolute atomic E-state index is 12.3. The van der Waals surface area contributed by atoms with Crippen molar-refractivity contribution in [1.29, 1.82) is 0 Å². The number of amides is 2. The zero-order valence-electron chi connectivity index (χ0n) is 16.3. The molecule has 9 heteroatoms. The Morgan fingerprint density at radius 2 is 2.14 bits per heavy atom. The minimum atomic E-state index is -0.229. The largest absolute Gasteiger partial charge is 0.459 e. The molecule has 0 saturated heterocycles. The van der Waals surface area contributed by atoms with Crippen molar-refractivity contribution in [2.24, 2.45) is 0 Å². The summed E-state index contributed by atoms with van der Waals surface area (Å²) >= 11 is 2.69. The van der Waals surface area contributed by atoms with Crippen LogP contribution in [0.15, 0.2) is 39.1 Å². The third-order valence-corrected chi connectivity index (χ3v) is 6.72. The minimum Gasteiger partial charge on any atom is -0.459 e. The van der Waals surface area contributed by atoms with Gasteiger partial charge in [0.1, 0.15) is 11.3 Å². The van der Waals surface area contributed by atoms with Gasteiger partial charge < -0.3 is 9.73 Å². The Morgan fingerprint density at radius 1 is 1.34 bits per heavy atom. The maximum Gasteiger partial charge on any atom is 0.231 e. The number of nitrogens with zero attached hydrogens (tertiary/aromatic N) is 3. The number of hydrogen-bond acceptors (Lipinski definition) is 7. The van der Waals surface area contributed by atoms with E-state index in [-0.39, 0.29) is 29.7 Å². The van der Waals surface area contributed by atoms with Crippen LogP contribution in [0.1, 0.15) is 44.9 Å². The standard InChI is InChI=1S/C20H22N4O3S2/c1-3-18(26)24(14-8-9-14)19-22-23-20(29-19)28-11-17(25)21-12(2)16-10-13-6-4-5-7-15(13)27-16/h4-7,10,12,14H,3,8-9,11H2,1-2H3,(H,21,25). The van der Waals surface area contributed by atoms with Gasteiger partial charge in [-0.1, -0.05) is 48.2 Å². The van der Waals surface area contributed by atoms with E-state index in [0.29, 0.717) is 15.9 Å². The van der Waals surface area contributed by atoms with E-state index < -0.39 is 0 Å². The van der Waals surface area contributed by atoms with Gasteiger partial charge in [0.2, 0.25) is 16.9 Å². The summed E-state index contributed by atoms with van der Waals surface area (Å²) in [7, 11) is 0. The lowest BCUT2D eigenvalue weighted by Crippen LogP contribution is -2.32. The summed E-state index contributed by atoms with van der Waals surface area (Å²) in [6.07, 6.45) is 2.46. The summed E-state index contributed by atoms with van der Waals surface area (Å²) in [5.74, 6) is 0.909. The fourth-order valence-corrected chi connectivity index (χ4v) is 4.77. The zero-order chi connectivity index (χ0) is 20.4. The number of carbonyl (C=O) groups is 2. The van der Waals surface area contributed by atoms with Crippen LogP contribution in [-0.4, -0.2) is 33.8 Å². The summed E-state index contributed by atoms with van der Waals surface area (Å²) < 4.78 is 6.49. The molecule has 0 aliphatic heterocycles. The second-order valence-electron chi connectivity index (χ2n) is 6.96. The Kier molecular flexibility index (Phi) is 5.86. The summed E-state index contributed by atoms with van der Waals surface area (Å²) in [6, 6.07) is 9.73. The number of para-hydroxylation sites is 1. The molecule has 1 N–H and O–H groups in total. The molecular formula is C20H22N4O3S2. The van der Waals surface area contributed by atoms with Crippen LogP contribution in [0.3, 0.4) is 0 Å². The number of benzene rings is 1. The van der Waals surface area contributed by atoms with Gasteiger partial charge in [-0.2, -0.15) is 0 Å². The van der Waals surface area contributed by atoms with Crippen LogP contribution < -0.4 is 10.2 Å². The quantitative estimate of drug-likeness (QED) is 0.426. The van der Waals surface area contributed by atoms with Crippen molar-refractivity contribution in [3.05, 3.63) is 36.1 Å². The predicted molar refractivity (Wildman–Crippen MR) is 114 cm³/mol. The fraction of sp³-hybridized carbons (Fsp3) is 0.400. The molecule has 1 aliphatic rings. The van der Waals surface area contributed by atoms with E-state index in [1.54, 1.807) is 4.90 Å². The molecule has 2 heterocycles. The molecule has 3 aromatic rings. The highest BCUT2D eigenvalue weighted by molar-refractivity contribution is 8.01. The molecule has 1 unspecified atom stereocenters. The van der Waals surface area contributed by atoms with Gasteiger partial charge in [0.15, 0.2) is 4.34 Å². The smallest absolute Gasteiger partial charge is 0.231 e. The average molecular weight is 431 g/mol. The van der Waals surface area contributed by atoms with Crippen LogP contribution in [0.2, 0.25) is 0 Å². The fourth-order valence-electron chi connectivity index (χ4n) is 3.03. The van der Waals surface area contributed by atoms with Crippen LogP contribution in [0.4, 0.5) is 5.13 Å². The van der Waals surface area contributed by atoms with Crippen molar-refractivity contribution in [2.75, 3.05) is 10.7 Å². The second-order valence-corrected chi connectivity index (χ2v) is 9.14. The van der Waals surface area contributed by atoms with Gasteiger partial charge in [0, 0.05) is 17.8 Å². The van der Waals surface area contributed by atoms with Crippen LogP contribution in [0.5, 0.6) is 0 Å². The van der Waals surface area contributed by atoms with Crippen molar-refractivity contribution >= 4 is 51.0 Å². The highest BCUT2D eigenvalue weighted by Gasteiger charge is 2.35. The summed E-state index contributed by atoms with van der Waals surface area (Å²) in [6.45, 7) is 3.75. The third-order valence-electron chi connectivity index (χ3n) is 4.66. The lowest BCUT2D eigenvalue weighted by molar-refractivity contribution is -0.119. The second kappa shape index (κ2) is 8.54. The molecule has 1 fully saturated rings. The van der Waals surface area contributed by atoms with Gasteiger partial charge >= 0.3 is 0 Å². The van der Waals surface area contributed by atoms with Crippen molar-refractivity contribution < 1.29 is 14.0 Å². The summed E-state index contributed by atoms with van der Waals surface area (Å²) in [5, 5.41) is 12.9. The summed E-state index contributed by atoms with van der Waals surface area (Å²) in [4.78, 5) is 26.3. The highest BCUT2D eigenvalue weighted by atomic mass is 32.2. The van der Waals surface area contributed by atoms with Gasteiger partial charge in [-0.3, -0.25) is 14.5 Å². The van der Waals surface area contributed by atoms with E-state index in [1.807, 2.05) is 44.2 Å². The first-order valence-electron chi connectivity index (χ1n) is 9.61. The third kappa shape index (κ3) is 4.62. The number of aromatic nitrogens is 2. The first kappa shape index (κ1) is 19.9. The monoisotopic (exact) mass is 430 g/mol. The van der Waals surface area contributed by atoms with Gasteiger partial charge in [0.25, 0.3) is 0 Å². The first-order chi connectivity index (χ1) is 14.0. The number of rotatable bonds is 8. The topological polar surface area (TPSA) is 88.3 Å². The number of carbonyl (C=O) groups excluding carboxylic acids is 2. The molecule has 1 aromatic carbocycles. The molecule has 2 aromatic heterocycles.